The van der Waals surface area contributed by atoms with E-state index in [9.17, 15) is 5.11 Å². The molecular formula is C9H16N4O. The largest absolute Gasteiger partial charge is 0.382 e. The summed E-state index contributed by atoms with van der Waals surface area (Å²) in [6.45, 7) is 0. The second-order valence-electron chi connectivity index (χ2n) is 4.13. The molecule has 1 aromatic rings. The van der Waals surface area contributed by atoms with Crippen molar-refractivity contribution < 1.29 is 5.11 Å². The first-order valence-corrected chi connectivity index (χ1v) is 4.94. The Kier molecular flexibility index (Phi) is 2.28. The van der Waals surface area contributed by atoms with E-state index in [-0.39, 0.29) is 6.04 Å². The molecule has 0 unspecified atom stereocenters. The molecule has 78 valence electrons. The van der Waals surface area contributed by atoms with Gasteiger partial charge in [-0.05, 0) is 25.7 Å². The zero-order valence-corrected chi connectivity index (χ0v) is 8.35. The first-order valence-electron chi connectivity index (χ1n) is 4.94. The van der Waals surface area contributed by atoms with Gasteiger partial charge in [0.1, 0.15) is 11.9 Å². The van der Waals surface area contributed by atoms with Crippen LogP contribution in [-0.4, -0.2) is 25.9 Å². The fourth-order valence-electron chi connectivity index (χ4n) is 2.05. The SMILES string of the molecule is Cn1cnnc1C1(O)CCC(N)CC1. The van der Waals surface area contributed by atoms with Crippen molar-refractivity contribution in [3.8, 4) is 0 Å². The van der Waals surface area contributed by atoms with Gasteiger partial charge in [0, 0.05) is 13.1 Å². The zero-order chi connectivity index (χ0) is 10.2. The fourth-order valence-corrected chi connectivity index (χ4v) is 2.05. The summed E-state index contributed by atoms with van der Waals surface area (Å²) >= 11 is 0. The maximum absolute atomic E-state index is 10.4. The normalized spacial score (nSPS) is 33.2. The lowest BCUT2D eigenvalue weighted by Gasteiger charge is -2.33. The van der Waals surface area contributed by atoms with Gasteiger partial charge in [0.2, 0.25) is 0 Å². The highest BCUT2D eigenvalue weighted by atomic mass is 16.3. The van der Waals surface area contributed by atoms with Gasteiger partial charge in [0.25, 0.3) is 0 Å². The Balaban J connectivity index is 2.21. The summed E-state index contributed by atoms with van der Waals surface area (Å²) in [7, 11) is 1.85. The van der Waals surface area contributed by atoms with E-state index >= 15 is 0 Å². The van der Waals surface area contributed by atoms with Gasteiger partial charge in [-0.25, -0.2) is 0 Å². The molecule has 0 aliphatic heterocycles. The van der Waals surface area contributed by atoms with Crippen molar-refractivity contribution >= 4 is 0 Å². The molecule has 1 aliphatic rings. The van der Waals surface area contributed by atoms with Crippen molar-refractivity contribution in [1.82, 2.24) is 14.8 Å². The quantitative estimate of drug-likeness (QED) is 0.657. The van der Waals surface area contributed by atoms with Crippen LogP contribution >= 0.6 is 0 Å². The summed E-state index contributed by atoms with van der Waals surface area (Å²) in [5.41, 5.74) is 4.97. The molecule has 0 radical (unpaired) electrons. The third kappa shape index (κ3) is 1.53. The molecule has 1 aromatic heterocycles. The van der Waals surface area contributed by atoms with Crippen LogP contribution in [0.1, 0.15) is 31.5 Å². The van der Waals surface area contributed by atoms with Gasteiger partial charge in [-0.1, -0.05) is 0 Å². The molecule has 14 heavy (non-hydrogen) atoms. The van der Waals surface area contributed by atoms with Crippen LogP contribution in [0.2, 0.25) is 0 Å². The van der Waals surface area contributed by atoms with E-state index in [0.29, 0.717) is 18.7 Å². The minimum absolute atomic E-state index is 0.225. The molecule has 0 saturated heterocycles. The number of rotatable bonds is 1. The molecule has 2 rings (SSSR count). The molecule has 5 heteroatoms. The molecule has 0 aromatic carbocycles. The van der Waals surface area contributed by atoms with E-state index in [4.69, 9.17) is 5.73 Å². The third-order valence-electron chi connectivity index (χ3n) is 2.99. The summed E-state index contributed by atoms with van der Waals surface area (Å²) in [4.78, 5) is 0. The van der Waals surface area contributed by atoms with E-state index in [1.807, 2.05) is 7.05 Å². The van der Waals surface area contributed by atoms with Crippen molar-refractivity contribution in [3.05, 3.63) is 12.2 Å². The van der Waals surface area contributed by atoms with Crippen molar-refractivity contribution in [2.75, 3.05) is 0 Å². The number of hydrogen-bond donors (Lipinski definition) is 2. The van der Waals surface area contributed by atoms with Crippen LogP contribution in [0, 0.1) is 0 Å². The molecule has 1 saturated carbocycles. The average molecular weight is 196 g/mol. The van der Waals surface area contributed by atoms with Crippen LogP contribution < -0.4 is 5.73 Å². The number of nitrogens with two attached hydrogens (primary N) is 1. The lowest BCUT2D eigenvalue weighted by molar-refractivity contribution is -0.0156. The molecule has 0 spiro atoms. The van der Waals surface area contributed by atoms with Crippen LogP contribution in [0.4, 0.5) is 0 Å². The number of aryl methyl sites for hydroxylation is 1. The highest BCUT2D eigenvalue weighted by Gasteiger charge is 2.37. The van der Waals surface area contributed by atoms with Gasteiger partial charge in [0.05, 0.1) is 0 Å². The Bertz CT molecular complexity index is 314. The predicted octanol–water partition coefficient (Wildman–Crippen LogP) is -0.0960. The Labute approximate surface area is 82.9 Å². The average Bonchev–Trinajstić information content (AvgIpc) is 2.58. The van der Waals surface area contributed by atoms with Crippen molar-refractivity contribution in [2.45, 2.75) is 37.3 Å². The van der Waals surface area contributed by atoms with E-state index < -0.39 is 5.60 Å². The fraction of sp³-hybridized carbons (Fsp3) is 0.778. The molecule has 1 aliphatic carbocycles. The lowest BCUT2D eigenvalue weighted by atomic mass is 9.82. The molecule has 1 fully saturated rings. The lowest BCUT2D eigenvalue weighted by Crippen LogP contribution is -2.38. The zero-order valence-electron chi connectivity index (χ0n) is 8.35. The van der Waals surface area contributed by atoms with Crippen molar-refractivity contribution in [3.63, 3.8) is 0 Å². The van der Waals surface area contributed by atoms with E-state index in [1.165, 1.54) is 0 Å². The van der Waals surface area contributed by atoms with Crippen LogP contribution in [0.3, 0.4) is 0 Å². The molecule has 3 N–H and O–H groups in total. The number of aliphatic hydroxyl groups is 1. The first kappa shape index (κ1) is 9.61. The summed E-state index contributed by atoms with van der Waals surface area (Å²) in [5.74, 6) is 0.657. The number of hydrogen-bond acceptors (Lipinski definition) is 4. The van der Waals surface area contributed by atoms with Crippen molar-refractivity contribution in [2.24, 2.45) is 12.8 Å². The van der Waals surface area contributed by atoms with Gasteiger partial charge >= 0.3 is 0 Å². The van der Waals surface area contributed by atoms with Gasteiger partial charge in [0.15, 0.2) is 5.82 Å². The van der Waals surface area contributed by atoms with Crippen LogP contribution in [0.15, 0.2) is 6.33 Å². The van der Waals surface area contributed by atoms with Gasteiger partial charge in [-0.15, -0.1) is 10.2 Å². The number of nitrogens with zero attached hydrogens (tertiary/aromatic N) is 3. The molecule has 0 bridgehead atoms. The number of aromatic nitrogens is 3. The van der Waals surface area contributed by atoms with Crippen LogP contribution in [0.25, 0.3) is 0 Å². The van der Waals surface area contributed by atoms with Crippen LogP contribution in [-0.2, 0) is 12.6 Å². The summed E-state index contributed by atoms with van der Waals surface area (Å²) < 4.78 is 1.77. The molecule has 0 atom stereocenters. The van der Waals surface area contributed by atoms with E-state index in [2.05, 4.69) is 10.2 Å². The standard InChI is InChI=1S/C9H16N4O/c1-13-6-11-12-8(13)9(14)4-2-7(10)3-5-9/h6-7,14H,2-5,10H2,1H3. The molecular weight excluding hydrogens is 180 g/mol. The smallest absolute Gasteiger partial charge is 0.164 e. The second-order valence-corrected chi connectivity index (χ2v) is 4.13. The molecule has 5 nitrogen and oxygen atoms in total. The van der Waals surface area contributed by atoms with Gasteiger partial charge < -0.3 is 15.4 Å². The monoisotopic (exact) mass is 196 g/mol. The molecule has 0 amide bonds. The maximum Gasteiger partial charge on any atom is 0.164 e. The van der Waals surface area contributed by atoms with Crippen LogP contribution in [0.5, 0.6) is 0 Å². The Morgan fingerprint density at radius 3 is 2.71 bits per heavy atom. The van der Waals surface area contributed by atoms with E-state index in [0.717, 1.165) is 12.8 Å². The summed E-state index contributed by atoms with van der Waals surface area (Å²) in [6.07, 6.45) is 4.68. The second kappa shape index (κ2) is 3.33. The Morgan fingerprint density at radius 1 is 1.57 bits per heavy atom. The van der Waals surface area contributed by atoms with Gasteiger partial charge in [-0.3, -0.25) is 0 Å². The summed E-state index contributed by atoms with van der Waals surface area (Å²) in [6, 6.07) is 0.225. The molecule has 1 heterocycles. The predicted molar refractivity (Wildman–Crippen MR) is 51.3 cm³/mol. The minimum atomic E-state index is -0.818. The minimum Gasteiger partial charge on any atom is -0.382 e. The highest BCUT2D eigenvalue weighted by molar-refractivity contribution is 5.03. The third-order valence-corrected chi connectivity index (χ3v) is 2.99. The van der Waals surface area contributed by atoms with Gasteiger partial charge in [-0.2, -0.15) is 0 Å². The topological polar surface area (TPSA) is 77.0 Å². The highest BCUT2D eigenvalue weighted by Crippen LogP contribution is 2.34. The maximum atomic E-state index is 10.4. The Morgan fingerprint density at radius 2 is 2.21 bits per heavy atom. The van der Waals surface area contributed by atoms with E-state index in [1.54, 1.807) is 10.9 Å². The first-order chi connectivity index (χ1) is 6.62. The van der Waals surface area contributed by atoms with Crippen molar-refractivity contribution in [1.29, 1.82) is 0 Å². The Hall–Kier alpha value is -0.940. The summed E-state index contributed by atoms with van der Waals surface area (Å²) in [5, 5.41) is 18.1.